The molecule has 2 heterocycles. The fourth-order valence-electron chi connectivity index (χ4n) is 7.06. The minimum Gasteiger partial charge on any atom is -0.496 e. The number of esters is 1. The minimum atomic E-state index is -1.36. The van der Waals surface area contributed by atoms with Crippen molar-refractivity contribution < 1.29 is 41.8 Å². The van der Waals surface area contributed by atoms with Crippen molar-refractivity contribution in [3.63, 3.8) is 0 Å². The van der Waals surface area contributed by atoms with Crippen LogP contribution in [0.3, 0.4) is 0 Å². The van der Waals surface area contributed by atoms with Crippen LogP contribution in [-0.2, 0) is 24.5 Å². The summed E-state index contributed by atoms with van der Waals surface area (Å²) in [5.41, 5.74) is 1.09. The number of carbonyl (C=O) groups is 3. The van der Waals surface area contributed by atoms with Crippen LogP contribution in [0.2, 0.25) is 5.02 Å². The van der Waals surface area contributed by atoms with Crippen LogP contribution >= 0.6 is 11.6 Å². The number of piperidine rings is 1. The number of nitrogens with zero attached hydrogens (tertiary/aromatic N) is 4. The lowest BCUT2D eigenvalue weighted by molar-refractivity contribution is -0.150. The summed E-state index contributed by atoms with van der Waals surface area (Å²) in [5.74, 6) is -3.79. The molecule has 50 heavy (non-hydrogen) atoms. The minimum absolute atomic E-state index is 0.00599. The van der Waals surface area contributed by atoms with Crippen molar-refractivity contribution in [3.05, 3.63) is 99.8 Å². The van der Waals surface area contributed by atoms with Gasteiger partial charge in [-0.2, -0.15) is 4.99 Å². The number of hydrazine groups is 1. The molecule has 0 saturated carbocycles. The average Bonchev–Trinajstić information content (AvgIpc) is 3.10. The van der Waals surface area contributed by atoms with Crippen molar-refractivity contribution in [1.29, 1.82) is 0 Å². The number of likely N-dealkylation sites (tertiary alicyclic amines) is 1. The summed E-state index contributed by atoms with van der Waals surface area (Å²) in [5, 5.41) is 2.60. The van der Waals surface area contributed by atoms with Gasteiger partial charge in [-0.25, -0.2) is 23.0 Å². The maximum atomic E-state index is 14.6. The summed E-state index contributed by atoms with van der Waals surface area (Å²) in [4.78, 5) is 45.3. The second-order valence-electron chi connectivity index (χ2n) is 12.2. The average molecular weight is 715 g/mol. The van der Waals surface area contributed by atoms with Gasteiger partial charge in [0.15, 0.2) is 0 Å². The van der Waals surface area contributed by atoms with Crippen molar-refractivity contribution in [3.8, 4) is 5.75 Å². The molecule has 0 N–H and O–H groups in total. The molecule has 14 heteroatoms. The van der Waals surface area contributed by atoms with E-state index < -0.39 is 41.0 Å². The highest BCUT2D eigenvalue weighted by Gasteiger charge is 2.47. The lowest BCUT2D eigenvalue weighted by Gasteiger charge is -2.44. The molecule has 1 saturated heterocycles. The molecule has 10 nitrogen and oxygen atoms in total. The van der Waals surface area contributed by atoms with Crippen molar-refractivity contribution >= 4 is 35.7 Å². The van der Waals surface area contributed by atoms with E-state index in [1.807, 2.05) is 24.3 Å². The normalized spacial score (nSPS) is 19.1. The summed E-state index contributed by atoms with van der Waals surface area (Å²) >= 11 is 6.20. The fraction of sp³-hybridized carbons (Fsp3) is 0.389. The zero-order valence-electron chi connectivity index (χ0n) is 27.9. The highest BCUT2D eigenvalue weighted by atomic mass is 35.5. The third-order valence-electron chi connectivity index (χ3n) is 9.39. The number of benzene rings is 3. The SMILES string of the molecule is COCC1=NC(=O)N(N(C=O)CCCN2CCC(c3ccc(Cl)cc3)(c3cc(F)ccc3OC)CC2)C(c2cc(F)cc(F)c2)C1C(=O)OC. The number of methoxy groups -OCH3 is 3. The molecule has 1 fully saturated rings. The van der Waals surface area contributed by atoms with Crippen LogP contribution in [0, 0.1) is 23.4 Å². The van der Waals surface area contributed by atoms with Gasteiger partial charge in [-0.15, -0.1) is 0 Å². The van der Waals surface area contributed by atoms with Crippen LogP contribution in [0.1, 0.15) is 42.0 Å². The Morgan fingerprint density at radius 3 is 2.28 bits per heavy atom. The second-order valence-corrected chi connectivity index (χ2v) is 12.6. The lowest BCUT2D eigenvalue weighted by Crippen LogP contribution is -2.55. The van der Waals surface area contributed by atoms with Crippen LogP contribution in [0.5, 0.6) is 5.75 Å². The molecule has 3 aromatic carbocycles. The van der Waals surface area contributed by atoms with Gasteiger partial charge < -0.3 is 19.1 Å². The standard InChI is InChI=1S/C36H38ClF3N4O6/c1-48-21-30-32(34(46)50-3)33(23-17-27(39)19-28(40)18-23)44(35(47)41-30)43(22-45)14-4-13-42-15-11-36(12-16-42,24-5-7-25(37)8-6-24)29-20-26(38)9-10-31(29)49-2/h5-10,17-20,22,32-33H,4,11-16,21H2,1-3H3. The maximum Gasteiger partial charge on any atom is 0.363 e. The molecule has 2 unspecified atom stereocenters. The smallest absolute Gasteiger partial charge is 0.363 e. The van der Waals surface area contributed by atoms with E-state index in [1.54, 1.807) is 13.2 Å². The largest absolute Gasteiger partial charge is 0.496 e. The molecule has 2 aliphatic heterocycles. The van der Waals surface area contributed by atoms with Gasteiger partial charge in [0.2, 0.25) is 6.41 Å². The van der Waals surface area contributed by atoms with Crippen molar-refractivity contribution in [1.82, 2.24) is 14.9 Å². The van der Waals surface area contributed by atoms with Gasteiger partial charge in [0, 0.05) is 35.7 Å². The molecule has 0 radical (unpaired) electrons. The Morgan fingerprint density at radius 1 is 1.00 bits per heavy atom. The molecule has 2 atom stereocenters. The number of carbonyl (C=O) groups excluding carboxylic acids is 3. The molecule has 3 amide bonds. The first-order valence-corrected chi connectivity index (χ1v) is 16.4. The van der Waals surface area contributed by atoms with E-state index in [2.05, 4.69) is 9.89 Å². The molecular weight excluding hydrogens is 677 g/mol. The number of hydrogen-bond acceptors (Lipinski definition) is 7. The Hall–Kier alpha value is -4.46. The van der Waals surface area contributed by atoms with Crippen molar-refractivity contribution in [2.24, 2.45) is 10.9 Å². The van der Waals surface area contributed by atoms with Gasteiger partial charge in [0.25, 0.3) is 0 Å². The van der Waals surface area contributed by atoms with Crippen LogP contribution in [0.4, 0.5) is 18.0 Å². The monoisotopic (exact) mass is 714 g/mol. The maximum absolute atomic E-state index is 14.6. The van der Waals surface area contributed by atoms with E-state index in [0.29, 0.717) is 62.1 Å². The zero-order chi connectivity index (χ0) is 36.0. The summed E-state index contributed by atoms with van der Waals surface area (Å²) in [7, 11) is 4.04. The topological polar surface area (TPSA) is 101 Å². The van der Waals surface area contributed by atoms with Gasteiger partial charge in [-0.3, -0.25) is 14.6 Å². The predicted octanol–water partition coefficient (Wildman–Crippen LogP) is 5.96. The van der Waals surface area contributed by atoms with Gasteiger partial charge in [-0.1, -0.05) is 23.7 Å². The van der Waals surface area contributed by atoms with Gasteiger partial charge in [0.1, 0.15) is 29.1 Å². The summed E-state index contributed by atoms with van der Waals surface area (Å²) in [6, 6.07) is 12.4. The van der Waals surface area contributed by atoms with E-state index in [-0.39, 0.29) is 30.2 Å². The summed E-state index contributed by atoms with van der Waals surface area (Å²) < 4.78 is 59.4. The zero-order valence-corrected chi connectivity index (χ0v) is 28.7. The van der Waals surface area contributed by atoms with Crippen LogP contribution in [0.15, 0.2) is 65.7 Å². The number of urea groups is 1. The molecule has 0 aliphatic carbocycles. The predicted molar refractivity (Wildman–Crippen MR) is 179 cm³/mol. The number of ether oxygens (including phenoxy) is 3. The first-order chi connectivity index (χ1) is 24.0. The molecule has 0 aromatic heterocycles. The van der Waals surface area contributed by atoms with Crippen LogP contribution in [0.25, 0.3) is 0 Å². The van der Waals surface area contributed by atoms with Gasteiger partial charge in [-0.05, 0) is 92.5 Å². The third kappa shape index (κ3) is 7.64. The molecule has 0 bridgehead atoms. The van der Waals surface area contributed by atoms with Crippen LogP contribution < -0.4 is 4.74 Å². The van der Waals surface area contributed by atoms with E-state index in [9.17, 15) is 27.6 Å². The third-order valence-corrected chi connectivity index (χ3v) is 9.64. The highest BCUT2D eigenvalue weighted by Crippen LogP contribution is 2.46. The van der Waals surface area contributed by atoms with E-state index in [0.717, 1.165) is 40.4 Å². The Morgan fingerprint density at radius 2 is 1.68 bits per heavy atom. The van der Waals surface area contributed by atoms with Crippen LogP contribution in [-0.4, -0.2) is 93.2 Å². The fourth-order valence-corrected chi connectivity index (χ4v) is 7.19. The number of hydrogen-bond donors (Lipinski definition) is 0. The number of rotatable bonds is 13. The Kier molecular flexibility index (Phi) is 11.8. The lowest BCUT2D eigenvalue weighted by atomic mass is 9.67. The molecule has 5 rings (SSSR count). The van der Waals surface area contributed by atoms with E-state index in [4.69, 9.17) is 25.8 Å². The quantitative estimate of drug-likeness (QED) is 0.159. The van der Waals surface area contributed by atoms with Crippen molar-refractivity contribution in [2.75, 3.05) is 54.1 Å². The Labute approximate surface area is 293 Å². The Bertz CT molecular complexity index is 1710. The summed E-state index contributed by atoms with van der Waals surface area (Å²) in [6.07, 6.45) is 2.06. The van der Waals surface area contributed by atoms with Crippen molar-refractivity contribution in [2.45, 2.75) is 30.7 Å². The molecule has 0 spiro atoms. The molecular formula is C36H38ClF3N4O6. The second kappa shape index (κ2) is 16.0. The number of amides is 3. The van der Waals surface area contributed by atoms with Gasteiger partial charge in [0.05, 0.1) is 32.6 Å². The molecule has 3 aromatic rings. The van der Waals surface area contributed by atoms with E-state index >= 15 is 0 Å². The van der Waals surface area contributed by atoms with Gasteiger partial charge >= 0.3 is 12.0 Å². The Balaban J connectivity index is 1.36. The first-order valence-electron chi connectivity index (χ1n) is 16.0. The first kappa shape index (κ1) is 36.8. The van der Waals surface area contributed by atoms with E-state index in [1.165, 1.54) is 19.2 Å². The number of aliphatic imine (C=N–C) groups is 1. The summed E-state index contributed by atoms with van der Waals surface area (Å²) in [6.45, 7) is 1.53. The molecule has 266 valence electrons. The highest BCUT2D eigenvalue weighted by molar-refractivity contribution is 6.30. The number of halogens is 4. The molecule has 2 aliphatic rings.